The molecule has 0 radical (unpaired) electrons. The lowest BCUT2D eigenvalue weighted by Gasteiger charge is -2.49. The number of hydrogen-bond donors (Lipinski definition) is 0. The minimum absolute atomic E-state index is 0.113. The van der Waals surface area contributed by atoms with Gasteiger partial charge >= 0.3 is 0 Å². The summed E-state index contributed by atoms with van der Waals surface area (Å²) in [5.41, 5.74) is 5.78. The average Bonchev–Trinajstić information content (AvgIpc) is 2.77. The summed E-state index contributed by atoms with van der Waals surface area (Å²) in [6, 6.07) is 17.6. The third-order valence-electron chi connectivity index (χ3n) is 5.51. The van der Waals surface area contributed by atoms with Crippen LogP contribution in [0.25, 0.3) is 0 Å². The lowest BCUT2D eigenvalue weighted by molar-refractivity contribution is -0.110. The van der Waals surface area contributed by atoms with Crippen molar-refractivity contribution in [2.45, 2.75) is 11.8 Å². The third-order valence-corrected chi connectivity index (χ3v) is 5.51. The van der Waals surface area contributed by atoms with Gasteiger partial charge in [0.25, 0.3) is 0 Å². The van der Waals surface area contributed by atoms with Crippen LogP contribution in [0.5, 0.6) is 0 Å². The Morgan fingerprint density at radius 2 is 0.955 bits per heavy atom. The van der Waals surface area contributed by atoms with Gasteiger partial charge in [0.05, 0.1) is 0 Å². The highest BCUT2D eigenvalue weighted by Crippen LogP contribution is 2.59. The van der Waals surface area contributed by atoms with Crippen LogP contribution in [0, 0.1) is 11.8 Å². The molecule has 0 unspecified atom stereocenters. The van der Waals surface area contributed by atoms with Crippen LogP contribution in [-0.4, -0.2) is 5.78 Å². The maximum atomic E-state index is 11.8. The van der Waals surface area contributed by atoms with Crippen molar-refractivity contribution in [3.05, 3.63) is 95.1 Å². The molecule has 1 nitrogen and oxygen atoms in total. The standard InChI is InChI=1S/C21H16O/c22-13-9-11-18-19(12-10-13)21-15-6-2-1-5-14(15)20(18)16-7-3-4-8-17(16)21/h1-12,18-21H/t18-,19-,20?,21?/m1/s1. The molecule has 0 fully saturated rings. The van der Waals surface area contributed by atoms with Crippen molar-refractivity contribution in [1.29, 1.82) is 0 Å². The first-order valence-electron chi connectivity index (χ1n) is 7.92. The molecule has 2 aromatic carbocycles. The van der Waals surface area contributed by atoms with Gasteiger partial charge in [0.15, 0.2) is 5.78 Å². The maximum absolute atomic E-state index is 11.8. The van der Waals surface area contributed by atoms with Crippen molar-refractivity contribution in [1.82, 2.24) is 0 Å². The SMILES string of the molecule is O=C1C=C[C@H]2C3c4ccccc4C(c4ccccc43)[C@@H]2C=C1. The van der Waals surface area contributed by atoms with E-state index in [4.69, 9.17) is 0 Å². The smallest absolute Gasteiger partial charge is 0.178 e. The monoisotopic (exact) mass is 284 g/mol. The number of carbonyl (C=O) groups excluding carboxylic acids is 1. The quantitative estimate of drug-likeness (QED) is 0.708. The van der Waals surface area contributed by atoms with Gasteiger partial charge in [0.1, 0.15) is 0 Å². The zero-order chi connectivity index (χ0) is 14.7. The molecule has 2 aromatic rings. The summed E-state index contributed by atoms with van der Waals surface area (Å²) in [6.45, 7) is 0. The number of benzene rings is 2. The second kappa shape index (κ2) is 4.30. The molecule has 0 aliphatic heterocycles. The molecule has 2 atom stereocenters. The largest absolute Gasteiger partial charge is 0.290 e. The molecule has 22 heavy (non-hydrogen) atoms. The Bertz CT molecular complexity index is 727. The summed E-state index contributed by atoms with van der Waals surface area (Å²) >= 11 is 0. The molecule has 0 aromatic heterocycles. The number of ketones is 1. The summed E-state index contributed by atoms with van der Waals surface area (Å²) in [5, 5.41) is 0. The van der Waals surface area contributed by atoms with Gasteiger partial charge in [-0.05, 0) is 46.2 Å². The minimum atomic E-state index is 0.113. The van der Waals surface area contributed by atoms with Gasteiger partial charge in [-0.25, -0.2) is 0 Å². The van der Waals surface area contributed by atoms with Gasteiger partial charge in [-0.15, -0.1) is 0 Å². The first-order valence-corrected chi connectivity index (χ1v) is 7.92. The van der Waals surface area contributed by atoms with Crippen LogP contribution in [0.2, 0.25) is 0 Å². The molecule has 0 N–H and O–H groups in total. The summed E-state index contributed by atoms with van der Waals surface area (Å²) in [7, 11) is 0. The van der Waals surface area contributed by atoms with Crippen LogP contribution in [-0.2, 0) is 4.79 Å². The number of allylic oxidation sites excluding steroid dienone is 4. The second-order valence-electron chi connectivity index (χ2n) is 6.49. The van der Waals surface area contributed by atoms with Crippen molar-refractivity contribution in [3.63, 3.8) is 0 Å². The van der Waals surface area contributed by atoms with E-state index in [1.807, 2.05) is 0 Å². The van der Waals surface area contributed by atoms with Crippen molar-refractivity contribution >= 4 is 5.78 Å². The van der Waals surface area contributed by atoms with Crippen molar-refractivity contribution in [2.24, 2.45) is 11.8 Å². The van der Waals surface area contributed by atoms with E-state index in [1.54, 1.807) is 12.2 Å². The molecule has 0 saturated carbocycles. The fraction of sp³-hybridized carbons (Fsp3) is 0.190. The van der Waals surface area contributed by atoms with Gasteiger partial charge in [-0.2, -0.15) is 0 Å². The second-order valence-corrected chi connectivity index (χ2v) is 6.49. The Hall–Kier alpha value is -2.41. The Morgan fingerprint density at radius 1 is 0.591 bits per heavy atom. The van der Waals surface area contributed by atoms with E-state index in [9.17, 15) is 4.79 Å². The first-order chi connectivity index (χ1) is 10.8. The van der Waals surface area contributed by atoms with Gasteiger partial charge in [-0.3, -0.25) is 4.79 Å². The topological polar surface area (TPSA) is 17.1 Å². The van der Waals surface area contributed by atoms with E-state index in [0.29, 0.717) is 23.7 Å². The van der Waals surface area contributed by atoms with E-state index < -0.39 is 0 Å². The third kappa shape index (κ3) is 1.46. The number of hydrogen-bond acceptors (Lipinski definition) is 1. The molecule has 4 aliphatic rings. The fourth-order valence-electron chi connectivity index (χ4n) is 4.71. The summed E-state index contributed by atoms with van der Waals surface area (Å²) in [5.74, 6) is 1.63. The summed E-state index contributed by atoms with van der Waals surface area (Å²) in [6.07, 6.45) is 7.81. The van der Waals surface area contributed by atoms with E-state index in [1.165, 1.54) is 22.3 Å². The molecular weight excluding hydrogens is 268 g/mol. The predicted octanol–water partition coefficient (Wildman–Crippen LogP) is 4.20. The highest BCUT2D eigenvalue weighted by molar-refractivity contribution is 5.99. The molecular formula is C21H16O. The lowest BCUT2D eigenvalue weighted by atomic mass is 9.54. The first kappa shape index (κ1) is 12.2. The van der Waals surface area contributed by atoms with E-state index >= 15 is 0 Å². The zero-order valence-corrected chi connectivity index (χ0v) is 12.1. The predicted molar refractivity (Wildman–Crippen MR) is 86.8 cm³/mol. The Labute approximate surface area is 130 Å². The van der Waals surface area contributed by atoms with Crippen LogP contribution in [0.4, 0.5) is 0 Å². The number of carbonyl (C=O) groups is 1. The fourth-order valence-corrected chi connectivity index (χ4v) is 4.71. The van der Waals surface area contributed by atoms with Crippen molar-refractivity contribution < 1.29 is 4.79 Å². The maximum Gasteiger partial charge on any atom is 0.178 e. The highest BCUT2D eigenvalue weighted by Gasteiger charge is 2.47. The van der Waals surface area contributed by atoms with Gasteiger partial charge < -0.3 is 0 Å². The van der Waals surface area contributed by atoms with Crippen LogP contribution < -0.4 is 0 Å². The van der Waals surface area contributed by atoms with Gasteiger partial charge in [-0.1, -0.05) is 60.7 Å². The Balaban J connectivity index is 1.83. The van der Waals surface area contributed by atoms with Gasteiger partial charge in [0.2, 0.25) is 0 Å². The average molecular weight is 284 g/mol. The number of rotatable bonds is 0. The van der Waals surface area contributed by atoms with Gasteiger partial charge in [0, 0.05) is 11.8 Å². The zero-order valence-electron chi connectivity index (χ0n) is 12.1. The van der Waals surface area contributed by atoms with E-state index in [-0.39, 0.29) is 5.78 Å². The van der Waals surface area contributed by atoms with Crippen molar-refractivity contribution in [2.75, 3.05) is 0 Å². The molecule has 0 amide bonds. The molecule has 2 bridgehead atoms. The molecule has 0 spiro atoms. The van der Waals surface area contributed by atoms with Crippen LogP contribution >= 0.6 is 0 Å². The van der Waals surface area contributed by atoms with Crippen molar-refractivity contribution in [3.8, 4) is 0 Å². The molecule has 0 saturated heterocycles. The van der Waals surface area contributed by atoms with Crippen LogP contribution in [0.3, 0.4) is 0 Å². The van der Waals surface area contributed by atoms with Crippen LogP contribution in [0.15, 0.2) is 72.8 Å². The molecule has 6 rings (SSSR count). The molecule has 106 valence electrons. The normalized spacial score (nSPS) is 30.5. The Kier molecular flexibility index (Phi) is 2.38. The minimum Gasteiger partial charge on any atom is -0.290 e. The Morgan fingerprint density at radius 3 is 1.32 bits per heavy atom. The molecule has 4 aliphatic carbocycles. The highest BCUT2D eigenvalue weighted by atomic mass is 16.1. The lowest BCUT2D eigenvalue weighted by Crippen LogP contribution is -2.38. The molecule has 0 heterocycles. The summed E-state index contributed by atoms with van der Waals surface area (Å²) in [4.78, 5) is 11.8. The molecule has 1 heteroatoms. The summed E-state index contributed by atoms with van der Waals surface area (Å²) < 4.78 is 0. The van der Waals surface area contributed by atoms with E-state index in [2.05, 4.69) is 60.7 Å². The van der Waals surface area contributed by atoms with E-state index in [0.717, 1.165) is 0 Å². The van der Waals surface area contributed by atoms with Crippen LogP contribution in [0.1, 0.15) is 34.1 Å².